The van der Waals surface area contributed by atoms with E-state index in [0.29, 0.717) is 5.56 Å². The van der Waals surface area contributed by atoms with Crippen LogP contribution in [0.3, 0.4) is 0 Å². The number of aryl methyl sites for hydroxylation is 1. The number of rotatable bonds is 5. The lowest BCUT2D eigenvalue weighted by molar-refractivity contribution is 0.0917. The van der Waals surface area contributed by atoms with Crippen LogP contribution in [0.2, 0.25) is 0 Å². The first kappa shape index (κ1) is 16.5. The molecule has 1 aliphatic heterocycles. The number of anilines is 1. The Balaban J connectivity index is 1.66. The van der Waals surface area contributed by atoms with Gasteiger partial charge in [-0.3, -0.25) is 4.79 Å². The van der Waals surface area contributed by atoms with Crippen molar-refractivity contribution < 1.29 is 9.90 Å². The van der Waals surface area contributed by atoms with Crippen LogP contribution in [0.4, 0.5) is 5.69 Å². The largest absolute Gasteiger partial charge is 0.387 e. The van der Waals surface area contributed by atoms with Gasteiger partial charge in [-0.1, -0.05) is 42.0 Å². The number of aliphatic hydroxyl groups is 1. The molecule has 2 aromatic carbocycles. The van der Waals surface area contributed by atoms with Crippen molar-refractivity contribution >= 4 is 11.6 Å². The van der Waals surface area contributed by atoms with Crippen LogP contribution in [0.25, 0.3) is 0 Å². The van der Waals surface area contributed by atoms with Gasteiger partial charge in [-0.05, 0) is 37.5 Å². The molecule has 1 fully saturated rings. The van der Waals surface area contributed by atoms with Gasteiger partial charge in [0.15, 0.2) is 0 Å². The molecule has 0 saturated carbocycles. The third-order valence-electron chi connectivity index (χ3n) is 4.51. The highest BCUT2D eigenvalue weighted by molar-refractivity contribution is 5.99. The summed E-state index contributed by atoms with van der Waals surface area (Å²) in [6.45, 7) is 4.20. The molecule has 0 radical (unpaired) electrons. The average molecular weight is 324 g/mol. The van der Waals surface area contributed by atoms with E-state index in [0.717, 1.165) is 29.9 Å². The molecule has 0 spiro atoms. The van der Waals surface area contributed by atoms with Crippen molar-refractivity contribution in [1.29, 1.82) is 0 Å². The smallest absolute Gasteiger partial charge is 0.253 e. The molecule has 0 bridgehead atoms. The molecule has 2 aromatic rings. The first-order valence-electron chi connectivity index (χ1n) is 8.52. The molecule has 24 heavy (non-hydrogen) atoms. The van der Waals surface area contributed by atoms with E-state index < -0.39 is 6.10 Å². The summed E-state index contributed by atoms with van der Waals surface area (Å²) in [5.41, 5.74) is 3.62. The molecule has 0 aliphatic carbocycles. The zero-order valence-electron chi connectivity index (χ0n) is 14.0. The lowest BCUT2D eigenvalue weighted by Crippen LogP contribution is -2.30. The van der Waals surface area contributed by atoms with E-state index in [1.54, 1.807) is 0 Å². The number of nitrogens with one attached hydrogen (secondary N) is 1. The minimum absolute atomic E-state index is 0.135. The van der Waals surface area contributed by atoms with Gasteiger partial charge in [-0.2, -0.15) is 0 Å². The van der Waals surface area contributed by atoms with Gasteiger partial charge in [0.25, 0.3) is 5.91 Å². The van der Waals surface area contributed by atoms with Gasteiger partial charge in [-0.25, -0.2) is 0 Å². The van der Waals surface area contributed by atoms with Gasteiger partial charge in [0.2, 0.25) is 0 Å². The second kappa shape index (κ2) is 7.49. The van der Waals surface area contributed by atoms with E-state index in [1.807, 2.05) is 55.5 Å². The predicted molar refractivity (Wildman–Crippen MR) is 96.4 cm³/mol. The molecule has 4 heteroatoms. The second-order valence-electron chi connectivity index (χ2n) is 6.35. The predicted octanol–water partition coefficient (Wildman–Crippen LogP) is 3.06. The van der Waals surface area contributed by atoms with Crippen molar-refractivity contribution in [1.82, 2.24) is 5.32 Å². The average Bonchev–Trinajstić information content (AvgIpc) is 3.14. The number of aliphatic hydroxyl groups excluding tert-OH is 1. The zero-order chi connectivity index (χ0) is 16.9. The summed E-state index contributed by atoms with van der Waals surface area (Å²) in [7, 11) is 0. The van der Waals surface area contributed by atoms with E-state index in [1.165, 1.54) is 12.8 Å². The molecule has 1 amide bonds. The van der Waals surface area contributed by atoms with Crippen LogP contribution in [0.1, 0.15) is 40.4 Å². The lowest BCUT2D eigenvalue weighted by Gasteiger charge is -2.21. The molecule has 1 atom stereocenters. The van der Waals surface area contributed by atoms with Crippen LogP contribution in [0, 0.1) is 6.92 Å². The zero-order valence-corrected chi connectivity index (χ0v) is 14.0. The molecule has 2 N–H and O–H groups in total. The minimum Gasteiger partial charge on any atom is -0.387 e. The van der Waals surface area contributed by atoms with E-state index in [2.05, 4.69) is 10.2 Å². The summed E-state index contributed by atoms with van der Waals surface area (Å²) in [6, 6.07) is 15.4. The van der Waals surface area contributed by atoms with Crippen molar-refractivity contribution in [3.63, 3.8) is 0 Å². The number of hydrogen-bond donors (Lipinski definition) is 2. The van der Waals surface area contributed by atoms with Gasteiger partial charge in [0.05, 0.1) is 11.7 Å². The minimum atomic E-state index is -0.700. The van der Waals surface area contributed by atoms with E-state index in [4.69, 9.17) is 0 Å². The molecular formula is C20H24N2O2. The Morgan fingerprint density at radius 2 is 1.79 bits per heavy atom. The summed E-state index contributed by atoms with van der Waals surface area (Å²) in [4.78, 5) is 14.8. The standard InChI is InChI=1S/C20H24N2O2/c1-15-8-10-16(11-9-15)19(23)14-21-20(24)17-6-2-3-7-18(17)22-12-4-5-13-22/h2-3,6-11,19,23H,4-5,12-14H2,1H3,(H,21,24). The van der Waals surface area contributed by atoms with Crippen molar-refractivity contribution in [2.75, 3.05) is 24.5 Å². The van der Waals surface area contributed by atoms with Crippen LogP contribution in [0.5, 0.6) is 0 Å². The first-order valence-corrected chi connectivity index (χ1v) is 8.52. The van der Waals surface area contributed by atoms with Crippen molar-refractivity contribution in [3.8, 4) is 0 Å². The highest BCUT2D eigenvalue weighted by atomic mass is 16.3. The van der Waals surface area contributed by atoms with Crippen LogP contribution in [0.15, 0.2) is 48.5 Å². The summed E-state index contributed by atoms with van der Waals surface area (Å²) < 4.78 is 0. The van der Waals surface area contributed by atoms with Crippen molar-refractivity contribution in [3.05, 3.63) is 65.2 Å². The van der Waals surface area contributed by atoms with Crippen LogP contribution in [-0.2, 0) is 0 Å². The van der Waals surface area contributed by atoms with Gasteiger partial charge >= 0.3 is 0 Å². The maximum absolute atomic E-state index is 12.6. The Morgan fingerprint density at radius 3 is 2.50 bits per heavy atom. The van der Waals surface area contributed by atoms with Gasteiger partial charge < -0.3 is 15.3 Å². The lowest BCUT2D eigenvalue weighted by atomic mass is 10.1. The van der Waals surface area contributed by atoms with Gasteiger partial charge in [0, 0.05) is 25.3 Å². The molecule has 1 heterocycles. The Kier molecular flexibility index (Phi) is 5.16. The Labute approximate surface area is 143 Å². The topological polar surface area (TPSA) is 52.6 Å². The summed E-state index contributed by atoms with van der Waals surface area (Å²) in [5, 5.41) is 13.1. The molecule has 0 aromatic heterocycles. The molecule has 1 unspecified atom stereocenters. The van der Waals surface area contributed by atoms with Crippen molar-refractivity contribution in [2.45, 2.75) is 25.9 Å². The quantitative estimate of drug-likeness (QED) is 0.889. The second-order valence-corrected chi connectivity index (χ2v) is 6.35. The number of para-hydroxylation sites is 1. The number of hydrogen-bond acceptors (Lipinski definition) is 3. The highest BCUT2D eigenvalue weighted by Crippen LogP contribution is 2.24. The van der Waals surface area contributed by atoms with Gasteiger partial charge in [0.1, 0.15) is 0 Å². The number of nitrogens with zero attached hydrogens (tertiary/aromatic N) is 1. The fraction of sp³-hybridized carbons (Fsp3) is 0.350. The summed E-state index contributed by atoms with van der Waals surface area (Å²) in [5.74, 6) is -0.135. The van der Waals surface area contributed by atoms with E-state index in [-0.39, 0.29) is 12.5 Å². The third kappa shape index (κ3) is 3.77. The van der Waals surface area contributed by atoms with Crippen molar-refractivity contribution in [2.24, 2.45) is 0 Å². The fourth-order valence-corrected chi connectivity index (χ4v) is 3.09. The van der Waals surface area contributed by atoms with Crippen LogP contribution < -0.4 is 10.2 Å². The first-order chi connectivity index (χ1) is 11.6. The molecule has 3 rings (SSSR count). The number of amides is 1. The van der Waals surface area contributed by atoms with Crippen LogP contribution >= 0.6 is 0 Å². The Morgan fingerprint density at radius 1 is 1.12 bits per heavy atom. The summed E-state index contributed by atoms with van der Waals surface area (Å²) in [6.07, 6.45) is 1.64. The maximum atomic E-state index is 12.6. The normalized spacial score (nSPS) is 15.3. The fourth-order valence-electron chi connectivity index (χ4n) is 3.09. The highest BCUT2D eigenvalue weighted by Gasteiger charge is 2.19. The van der Waals surface area contributed by atoms with Gasteiger partial charge in [-0.15, -0.1) is 0 Å². The Hall–Kier alpha value is -2.33. The number of carbonyl (C=O) groups is 1. The SMILES string of the molecule is Cc1ccc(C(O)CNC(=O)c2ccccc2N2CCCC2)cc1. The van der Waals surface area contributed by atoms with E-state index >= 15 is 0 Å². The third-order valence-corrected chi connectivity index (χ3v) is 4.51. The number of benzene rings is 2. The van der Waals surface area contributed by atoms with Crippen LogP contribution in [-0.4, -0.2) is 30.6 Å². The molecular weight excluding hydrogens is 300 g/mol. The summed E-state index contributed by atoms with van der Waals surface area (Å²) >= 11 is 0. The monoisotopic (exact) mass is 324 g/mol. The molecule has 1 saturated heterocycles. The number of carbonyl (C=O) groups excluding carboxylic acids is 1. The maximum Gasteiger partial charge on any atom is 0.253 e. The molecule has 126 valence electrons. The Bertz CT molecular complexity index is 691. The molecule has 1 aliphatic rings. The van der Waals surface area contributed by atoms with E-state index in [9.17, 15) is 9.90 Å². The molecule has 4 nitrogen and oxygen atoms in total.